The van der Waals surface area contributed by atoms with Gasteiger partial charge in [0.2, 0.25) is 0 Å². The summed E-state index contributed by atoms with van der Waals surface area (Å²) in [6.07, 6.45) is 0. The number of rotatable bonds is 4. The molecule has 0 radical (unpaired) electrons. The van der Waals surface area contributed by atoms with E-state index in [0.29, 0.717) is 19.0 Å². The second-order valence-electron chi connectivity index (χ2n) is 3.64. The van der Waals surface area contributed by atoms with E-state index in [1.54, 1.807) is 0 Å². The van der Waals surface area contributed by atoms with Crippen LogP contribution in [0.2, 0.25) is 5.02 Å². The molecule has 0 aliphatic carbocycles. The summed E-state index contributed by atoms with van der Waals surface area (Å²) in [4.78, 5) is 4.20. The zero-order valence-electron chi connectivity index (χ0n) is 9.74. The highest BCUT2D eigenvalue weighted by atomic mass is 127. The number of guanidine groups is 1. The lowest BCUT2D eigenvalue weighted by Crippen LogP contribution is -2.32. The fraction of sp³-hybridized carbons (Fsp3) is 0.250. The predicted molar refractivity (Wildman–Crippen MR) is 85.0 cm³/mol. The minimum absolute atomic E-state index is 0. The standard InChI is InChI=1S/C12H16ClN3.HI/c1-9(2)7-15-12(14)16-8-10-3-5-11(13)6-4-10;/h3-6H,1,7-8H2,2H3,(H3,14,15,16);1H. The summed E-state index contributed by atoms with van der Waals surface area (Å²) in [5, 5.41) is 3.69. The van der Waals surface area contributed by atoms with Crippen LogP contribution in [0.15, 0.2) is 41.4 Å². The highest BCUT2D eigenvalue weighted by Crippen LogP contribution is 2.09. The molecule has 0 bridgehead atoms. The van der Waals surface area contributed by atoms with Crippen molar-refractivity contribution in [3.8, 4) is 0 Å². The number of hydrogen-bond acceptors (Lipinski definition) is 1. The van der Waals surface area contributed by atoms with Gasteiger partial charge in [-0.2, -0.15) is 0 Å². The van der Waals surface area contributed by atoms with E-state index in [4.69, 9.17) is 17.3 Å². The summed E-state index contributed by atoms with van der Waals surface area (Å²) >= 11 is 5.78. The van der Waals surface area contributed by atoms with Crippen molar-refractivity contribution >= 4 is 41.5 Å². The van der Waals surface area contributed by atoms with E-state index in [9.17, 15) is 0 Å². The lowest BCUT2D eigenvalue weighted by molar-refractivity contribution is 0.940. The summed E-state index contributed by atoms with van der Waals surface area (Å²) in [6.45, 7) is 6.89. The quantitative estimate of drug-likeness (QED) is 0.373. The third kappa shape index (κ3) is 7.23. The number of benzene rings is 1. The molecule has 0 aliphatic rings. The maximum Gasteiger partial charge on any atom is 0.189 e. The van der Waals surface area contributed by atoms with Crippen molar-refractivity contribution in [1.29, 1.82) is 0 Å². The van der Waals surface area contributed by atoms with Gasteiger partial charge in [-0.05, 0) is 24.6 Å². The third-order valence-corrected chi connectivity index (χ3v) is 2.17. The molecule has 3 N–H and O–H groups in total. The molecule has 0 aromatic heterocycles. The second kappa shape index (κ2) is 8.36. The average molecular weight is 366 g/mol. The van der Waals surface area contributed by atoms with Crippen LogP contribution in [0.1, 0.15) is 12.5 Å². The first-order chi connectivity index (χ1) is 7.58. The minimum Gasteiger partial charge on any atom is -0.370 e. The maximum atomic E-state index is 5.78. The van der Waals surface area contributed by atoms with Crippen molar-refractivity contribution in [2.24, 2.45) is 10.7 Å². The van der Waals surface area contributed by atoms with Gasteiger partial charge in [0.15, 0.2) is 5.96 Å². The third-order valence-electron chi connectivity index (χ3n) is 1.92. The second-order valence-corrected chi connectivity index (χ2v) is 4.08. The van der Waals surface area contributed by atoms with Gasteiger partial charge in [-0.25, -0.2) is 4.99 Å². The van der Waals surface area contributed by atoms with Crippen molar-refractivity contribution in [3.63, 3.8) is 0 Å². The number of halogens is 2. The van der Waals surface area contributed by atoms with Crippen molar-refractivity contribution in [3.05, 3.63) is 47.0 Å². The van der Waals surface area contributed by atoms with Crippen molar-refractivity contribution in [2.45, 2.75) is 13.5 Å². The molecule has 0 aliphatic heterocycles. The Labute approximate surface area is 124 Å². The molecule has 0 spiro atoms. The molecule has 0 saturated heterocycles. The van der Waals surface area contributed by atoms with Gasteiger partial charge in [0.25, 0.3) is 0 Å². The molecule has 0 unspecified atom stereocenters. The van der Waals surface area contributed by atoms with Crippen LogP contribution in [0.25, 0.3) is 0 Å². The summed E-state index contributed by atoms with van der Waals surface area (Å²) in [5.74, 6) is 0.429. The Morgan fingerprint density at radius 3 is 2.53 bits per heavy atom. The first kappa shape index (κ1) is 16.2. The molecule has 17 heavy (non-hydrogen) atoms. The van der Waals surface area contributed by atoms with E-state index >= 15 is 0 Å². The number of aliphatic imine (C=N–C) groups is 1. The van der Waals surface area contributed by atoms with E-state index < -0.39 is 0 Å². The number of nitrogens with one attached hydrogen (secondary N) is 1. The Balaban J connectivity index is 0.00000256. The maximum absolute atomic E-state index is 5.78. The Kier molecular flexibility index (Phi) is 7.99. The fourth-order valence-corrected chi connectivity index (χ4v) is 1.19. The van der Waals surface area contributed by atoms with Gasteiger partial charge in [0.1, 0.15) is 0 Å². The van der Waals surface area contributed by atoms with E-state index in [1.165, 1.54) is 0 Å². The summed E-state index contributed by atoms with van der Waals surface area (Å²) < 4.78 is 0. The predicted octanol–water partition coefficient (Wildman–Crippen LogP) is 2.94. The molecule has 94 valence electrons. The van der Waals surface area contributed by atoms with Crippen LogP contribution >= 0.6 is 35.6 Å². The van der Waals surface area contributed by atoms with Crippen LogP contribution in [0.5, 0.6) is 0 Å². The van der Waals surface area contributed by atoms with Gasteiger partial charge < -0.3 is 11.1 Å². The molecule has 0 fully saturated rings. The highest BCUT2D eigenvalue weighted by Gasteiger charge is 1.93. The van der Waals surface area contributed by atoms with E-state index in [1.807, 2.05) is 31.2 Å². The zero-order chi connectivity index (χ0) is 12.0. The van der Waals surface area contributed by atoms with Crippen LogP contribution < -0.4 is 11.1 Å². The topological polar surface area (TPSA) is 50.4 Å². The highest BCUT2D eigenvalue weighted by molar-refractivity contribution is 14.0. The number of hydrogen-bond donors (Lipinski definition) is 2. The molecular formula is C12H17ClIN3. The monoisotopic (exact) mass is 365 g/mol. The van der Waals surface area contributed by atoms with Crippen molar-refractivity contribution < 1.29 is 0 Å². The molecule has 0 amide bonds. The van der Waals surface area contributed by atoms with Crippen LogP contribution in [-0.4, -0.2) is 12.5 Å². The van der Waals surface area contributed by atoms with Gasteiger partial charge in [-0.1, -0.05) is 35.9 Å². The summed E-state index contributed by atoms with van der Waals surface area (Å²) in [6, 6.07) is 7.53. The first-order valence-electron chi connectivity index (χ1n) is 5.00. The Morgan fingerprint density at radius 2 is 2.00 bits per heavy atom. The fourth-order valence-electron chi connectivity index (χ4n) is 1.06. The van der Waals surface area contributed by atoms with Crippen molar-refractivity contribution in [1.82, 2.24) is 5.32 Å². The van der Waals surface area contributed by atoms with Gasteiger partial charge in [0.05, 0.1) is 6.54 Å². The lowest BCUT2D eigenvalue weighted by Gasteiger charge is -2.04. The molecule has 0 saturated carbocycles. The van der Waals surface area contributed by atoms with Gasteiger partial charge in [0, 0.05) is 11.6 Å². The largest absolute Gasteiger partial charge is 0.370 e. The normalized spacial score (nSPS) is 10.6. The van der Waals surface area contributed by atoms with Gasteiger partial charge in [-0.3, -0.25) is 0 Å². The Bertz CT molecular complexity index is 387. The Morgan fingerprint density at radius 1 is 1.41 bits per heavy atom. The minimum atomic E-state index is 0. The van der Waals surface area contributed by atoms with Gasteiger partial charge in [-0.15, -0.1) is 24.0 Å². The molecule has 5 heteroatoms. The van der Waals surface area contributed by atoms with Crippen LogP contribution in [-0.2, 0) is 6.54 Å². The average Bonchev–Trinajstić information content (AvgIpc) is 2.25. The molecule has 1 rings (SSSR count). The SMILES string of the molecule is C=C(C)CNC(N)=NCc1ccc(Cl)cc1.I. The van der Waals surface area contributed by atoms with Crippen LogP contribution in [0, 0.1) is 0 Å². The zero-order valence-corrected chi connectivity index (χ0v) is 12.8. The first-order valence-corrected chi connectivity index (χ1v) is 5.38. The molecule has 1 aromatic carbocycles. The summed E-state index contributed by atoms with van der Waals surface area (Å²) in [5.41, 5.74) is 7.76. The molecule has 0 atom stereocenters. The molecular weight excluding hydrogens is 349 g/mol. The van der Waals surface area contributed by atoms with E-state index in [2.05, 4.69) is 16.9 Å². The Hall–Kier alpha value is -0.750. The van der Waals surface area contributed by atoms with Gasteiger partial charge >= 0.3 is 0 Å². The lowest BCUT2D eigenvalue weighted by atomic mass is 10.2. The number of nitrogens with two attached hydrogens (primary N) is 1. The molecule has 1 aromatic rings. The van der Waals surface area contributed by atoms with Crippen LogP contribution in [0.3, 0.4) is 0 Å². The number of nitrogens with zero attached hydrogens (tertiary/aromatic N) is 1. The van der Waals surface area contributed by atoms with Crippen LogP contribution in [0.4, 0.5) is 0 Å². The summed E-state index contributed by atoms with van der Waals surface area (Å²) in [7, 11) is 0. The smallest absolute Gasteiger partial charge is 0.189 e. The van der Waals surface area contributed by atoms with Crippen molar-refractivity contribution in [2.75, 3.05) is 6.54 Å². The van der Waals surface area contributed by atoms with E-state index in [-0.39, 0.29) is 24.0 Å². The molecule has 0 heterocycles. The molecule has 3 nitrogen and oxygen atoms in total. The van der Waals surface area contributed by atoms with E-state index in [0.717, 1.165) is 16.2 Å².